The molecule has 2 nitrogen and oxygen atoms in total. The molecule has 1 rings (SSSR count). The van der Waals surface area contributed by atoms with Gasteiger partial charge in [0.2, 0.25) is 0 Å². The summed E-state index contributed by atoms with van der Waals surface area (Å²) in [6.45, 7) is 4.20. The minimum absolute atomic E-state index is 0.0702. The molecule has 0 bridgehead atoms. The Bertz CT molecular complexity index is 458. The largest absolute Gasteiger partial charge is 0.493 e. The molecule has 0 saturated heterocycles. The lowest BCUT2D eigenvalue weighted by Crippen LogP contribution is -2.14. The van der Waals surface area contributed by atoms with Crippen LogP contribution in [0.15, 0.2) is 18.2 Å². The summed E-state index contributed by atoms with van der Waals surface area (Å²) in [6.07, 6.45) is -3.80. The summed E-state index contributed by atoms with van der Waals surface area (Å²) in [4.78, 5) is -0.0702. The highest BCUT2D eigenvalue weighted by atomic mass is 32.1. The molecule has 0 aliphatic rings. The molecule has 0 aromatic heterocycles. The summed E-state index contributed by atoms with van der Waals surface area (Å²) in [7, 11) is 0. The first-order chi connectivity index (χ1) is 8.71. The van der Waals surface area contributed by atoms with Gasteiger partial charge in [-0.25, -0.2) is 0 Å². The number of hydrogen-bond acceptors (Lipinski definition) is 2. The molecule has 0 aliphatic heterocycles. The maximum absolute atomic E-state index is 12.9. The Labute approximate surface area is 115 Å². The predicted molar refractivity (Wildman–Crippen MR) is 72.3 cm³/mol. The minimum atomic E-state index is -4.49. The molecule has 0 heterocycles. The van der Waals surface area contributed by atoms with E-state index < -0.39 is 11.7 Å². The molecule has 0 radical (unpaired) electrons. The Morgan fingerprint density at radius 2 is 2.00 bits per heavy atom. The van der Waals surface area contributed by atoms with Crippen LogP contribution in [0.1, 0.15) is 31.4 Å². The van der Waals surface area contributed by atoms with E-state index in [1.54, 1.807) is 0 Å². The van der Waals surface area contributed by atoms with Crippen molar-refractivity contribution in [2.24, 2.45) is 11.7 Å². The first kappa shape index (κ1) is 15.8. The van der Waals surface area contributed by atoms with E-state index in [1.807, 2.05) is 13.8 Å². The molecule has 0 atom stereocenters. The van der Waals surface area contributed by atoms with E-state index in [0.29, 0.717) is 12.3 Å². The number of thiocarbonyl (C=S) groups is 1. The fourth-order valence-corrected chi connectivity index (χ4v) is 1.56. The van der Waals surface area contributed by atoms with Gasteiger partial charge >= 0.3 is 6.18 Å². The van der Waals surface area contributed by atoms with Crippen LogP contribution in [0.3, 0.4) is 0 Å². The van der Waals surface area contributed by atoms with E-state index in [1.165, 1.54) is 12.1 Å². The Hall–Kier alpha value is -1.30. The molecule has 6 heteroatoms. The molecule has 0 spiro atoms. The normalized spacial score (nSPS) is 11.7. The number of benzene rings is 1. The van der Waals surface area contributed by atoms with Crippen LogP contribution in [0.4, 0.5) is 13.2 Å². The van der Waals surface area contributed by atoms with Crippen molar-refractivity contribution >= 4 is 17.2 Å². The lowest BCUT2D eigenvalue weighted by molar-refractivity contribution is -0.139. The first-order valence-corrected chi connectivity index (χ1v) is 6.26. The molecule has 106 valence electrons. The van der Waals surface area contributed by atoms with Crippen LogP contribution in [0.2, 0.25) is 0 Å². The molecule has 1 aromatic rings. The second kappa shape index (κ2) is 6.23. The number of alkyl halides is 3. The van der Waals surface area contributed by atoms with Gasteiger partial charge in [-0.2, -0.15) is 13.2 Å². The van der Waals surface area contributed by atoms with E-state index in [-0.39, 0.29) is 22.9 Å². The number of ether oxygens (including phenoxy) is 1. The Morgan fingerprint density at radius 1 is 1.37 bits per heavy atom. The highest BCUT2D eigenvalue weighted by Gasteiger charge is 2.34. The number of nitrogens with two attached hydrogens (primary N) is 1. The van der Waals surface area contributed by atoms with Crippen molar-refractivity contribution in [1.29, 1.82) is 0 Å². The van der Waals surface area contributed by atoms with Gasteiger partial charge in [0.25, 0.3) is 0 Å². The van der Waals surface area contributed by atoms with Crippen molar-refractivity contribution in [3.63, 3.8) is 0 Å². The van der Waals surface area contributed by atoms with Gasteiger partial charge in [-0.15, -0.1) is 0 Å². The Kier molecular flexibility index (Phi) is 5.17. The Balaban J connectivity index is 3.00. The second-order valence-corrected chi connectivity index (χ2v) is 5.04. The van der Waals surface area contributed by atoms with E-state index in [9.17, 15) is 13.2 Å². The van der Waals surface area contributed by atoms with Crippen LogP contribution in [-0.2, 0) is 6.18 Å². The van der Waals surface area contributed by atoms with E-state index >= 15 is 0 Å². The zero-order valence-electron chi connectivity index (χ0n) is 10.8. The SMILES string of the molecule is CC(C)CCOc1ccc(C(N)=S)cc1C(F)(F)F. The van der Waals surface area contributed by atoms with E-state index in [0.717, 1.165) is 6.07 Å². The van der Waals surface area contributed by atoms with Crippen LogP contribution in [0.5, 0.6) is 5.75 Å². The fraction of sp³-hybridized carbons (Fsp3) is 0.462. The third-order valence-electron chi connectivity index (χ3n) is 2.52. The molecule has 2 N–H and O–H groups in total. The topological polar surface area (TPSA) is 35.2 Å². The van der Waals surface area contributed by atoms with Crippen LogP contribution in [0, 0.1) is 5.92 Å². The third-order valence-corrected chi connectivity index (χ3v) is 2.76. The number of hydrogen-bond donors (Lipinski definition) is 1. The highest BCUT2D eigenvalue weighted by molar-refractivity contribution is 7.80. The van der Waals surface area contributed by atoms with Crippen molar-refractivity contribution in [3.05, 3.63) is 29.3 Å². The third kappa shape index (κ3) is 4.70. The molecule has 1 aromatic carbocycles. The highest BCUT2D eigenvalue weighted by Crippen LogP contribution is 2.37. The van der Waals surface area contributed by atoms with E-state index in [2.05, 4.69) is 12.2 Å². The lowest BCUT2D eigenvalue weighted by atomic mass is 10.1. The first-order valence-electron chi connectivity index (χ1n) is 5.85. The van der Waals surface area contributed by atoms with Gasteiger partial charge in [-0.3, -0.25) is 0 Å². The van der Waals surface area contributed by atoms with Gasteiger partial charge in [-0.1, -0.05) is 26.1 Å². The second-order valence-electron chi connectivity index (χ2n) is 4.60. The quantitative estimate of drug-likeness (QED) is 0.839. The summed E-state index contributed by atoms with van der Waals surface area (Å²) in [5.41, 5.74) is 4.67. The van der Waals surface area contributed by atoms with Gasteiger partial charge in [0.15, 0.2) is 0 Å². The van der Waals surface area contributed by atoms with Gasteiger partial charge in [-0.05, 0) is 30.5 Å². The molecular weight excluding hydrogens is 275 g/mol. The van der Waals surface area contributed by atoms with Crippen molar-refractivity contribution in [1.82, 2.24) is 0 Å². The number of rotatable bonds is 5. The maximum Gasteiger partial charge on any atom is 0.419 e. The Morgan fingerprint density at radius 3 is 2.47 bits per heavy atom. The molecular formula is C13H16F3NOS. The standard InChI is InChI=1S/C13H16F3NOS/c1-8(2)5-6-18-11-4-3-9(12(17)19)7-10(11)13(14,15)16/h3-4,7-8H,5-6H2,1-2H3,(H2,17,19). The average Bonchev–Trinajstić information content (AvgIpc) is 2.27. The molecule has 19 heavy (non-hydrogen) atoms. The van der Waals surface area contributed by atoms with Crippen LogP contribution in [0.25, 0.3) is 0 Å². The van der Waals surface area contributed by atoms with Gasteiger partial charge < -0.3 is 10.5 Å². The molecule has 0 saturated carbocycles. The fourth-order valence-electron chi connectivity index (χ4n) is 1.44. The average molecular weight is 291 g/mol. The summed E-state index contributed by atoms with van der Waals surface area (Å²) in [6, 6.07) is 3.62. The summed E-state index contributed by atoms with van der Waals surface area (Å²) >= 11 is 4.68. The molecule has 0 unspecified atom stereocenters. The zero-order chi connectivity index (χ0) is 14.6. The molecule has 0 aliphatic carbocycles. The smallest absolute Gasteiger partial charge is 0.419 e. The van der Waals surface area contributed by atoms with E-state index in [4.69, 9.17) is 10.5 Å². The monoisotopic (exact) mass is 291 g/mol. The van der Waals surface area contributed by atoms with Crippen LogP contribution >= 0.6 is 12.2 Å². The summed E-state index contributed by atoms with van der Waals surface area (Å²) in [5, 5.41) is 0. The van der Waals surface area contributed by atoms with Crippen molar-refractivity contribution in [2.75, 3.05) is 6.61 Å². The predicted octanol–water partition coefficient (Wildman–Crippen LogP) is 3.76. The number of halogens is 3. The summed E-state index contributed by atoms with van der Waals surface area (Å²) < 4.78 is 43.9. The van der Waals surface area contributed by atoms with Gasteiger partial charge in [0, 0.05) is 5.56 Å². The van der Waals surface area contributed by atoms with Crippen molar-refractivity contribution in [3.8, 4) is 5.75 Å². The lowest BCUT2D eigenvalue weighted by Gasteiger charge is -2.15. The van der Waals surface area contributed by atoms with Gasteiger partial charge in [0.05, 0.1) is 12.2 Å². The molecule has 0 fully saturated rings. The van der Waals surface area contributed by atoms with Crippen LogP contribution in [-0.4, -0.2) is 11.6 Å². The van der Waals surface area contributed by atoms with Crippen molar-refractivity contribution in [2.45, 2.75) is 26.4 Å². The molecule has 0 amide bonds. The maximum atomic E-state index is 12.9. The van der Waals surface area contributed by atoms with Gasteiger partial charge in [0.1, 0.15) is 10.7 Å². The minimum Gasteiger partial charge on any atom is -0.493 e. The summed E-state index contributed by atoms with van der Waals surface area (Å²) in [5.74, 6) is 0.179. The van der Waals surface area contributed by atoms with Crippen LogP contribution < -0.4 is 10.5 Å². The van der Waals surface area contributed by atoms with Crippen molar-refractivity contribution < 1.29 is 17.9 Å². The zero-order valence-corrected chi connectivity index (χ0v) is 11.6.